The molecule has 0 radical (unpaired) electrons. The summed E-state index contributed by atoms with van der Waals surface area (Å²) in [5.74, 6) is -0.304. The molecule has 0 aromatic rings. The third-order valence-corrected chi connectivity index (χ3v) is 4.58. The average molecular weight is 298 g/mol. The number of rotatable bonds is 5. The summed E-state index contributed by atoms with van der Waals surface area (Å²) in [6.07, 6.45) is 4.33. The minimum atomic E-state index is -0.304. The highest BCUT2D eigenvalue weighted by Gasteiger charge is 2.46. The molecule has 1 saturated carbocycles. The molecule has 21 heavy (non-hydrogen) atoms. The summed E-state index contributed by atoms with van der Waals surface area (Å²) in [5.41, 5.74) is 0.312. The van der Waals surface area contributed by atoms with E-state index in [0.717, 1.165) is 45.6 Å². The molecule has 0 aromatic carbocycles. The van der Waals surface area contributed by atoms with E-state index < -0.39 is 0 Å². The molecule has 1 spiro atoms. The second-order valence-corrected chi connectivity index (χ2v) is 7.95. The van der Waals surface area contributed by atoms with Gasteiger partial charge >= 0.3 is 0 Å². The molecule has 124 valence electrons. The SMILES string of the molecule is CCCNC1CCC2(CC1N(C)CC(C)(C)C)OCCO2. The van der Waals surface area contributed by atoms with Crippen LogP contribution in [0, 0.1) is 5.41 Å². The molecule has 2 atom stereocenters. The Kier molecular flexibility index (Phi) is 5.69. The molecule has 1 saturated heterocycles. The Hall–Kier alpha value is -0.160. The van der Waals surface area contributed by atoms with Crippen LogP contribution in [0.1, 0.15) is 53.4 Å². The summed E-state index contributed by atoms with van der Waals surface area (Å²) in [7, 11) is 2.25. The maximum absolute atomic E-state index is 5.97. The van der Waals surface area contributed by atoms with E-state index in [1.807, 2.05) is 0 Å². The lowest BCUT2D eigenvalue weighted by Crippen LogP contribution is -2.58. The fourth-order valence-corrected chi connectivity index (χ4v) is 3.79. The van der Waals surface area contributed by atoms with Crippen molar-refractivity contribution in [3.05, 3.63) is 0 Å². The third kappa shape index (κ3) is 4.65. The minimum Gasteiger partial charge on any atom is -0.347 e. The fraction of sp³-hybridized carbons (Fsp3) is 1.00. The average Bonchev–Trinajstić information content (AvgIpc) is 2.84. The molecule has 1 N–H and O–H groups in total. The van der Waals surface area contributed by atoms with Gasteiger partial charge in [-0.2, -0.15) is 0 Å². The third-order valence-electron chi connectivity index (χ3n) is 4.58. The monoisotopic (exact) mass is 298 g/mol. The first-order valence-electron chi connectivity index (χ1n) is 8.57. The highest BCUT2D eigenvalue weighted by atomic mass is 16.7. The van der Waals surface area contributed by atoms with Crippen molar-refractivity contribution in [2.75, 3.05) is 33.4 Å². The van der Waals surface area contributed by atoms with Crippen molar-refractivity contribution >= 4 is 0 Å². The lowest BCUT2D eigenvalue weighted by molar-refractivity contribution is -0.193. The summed E-state index contributed by atoms with van der Waals surface area (Å²) in [4.78, 5) is 2.51. The topological polar surface area (TPSA) is 33.7 Å². The van der Waals surface area contributed by atoms with E-state index in [0.29, 0.717) is 17.5 Å². The first-order chi connectivity index (χ1) is 9.85. The first kappa shape index (κ1) is 17.2. The van der Waals surface area contributed by atoms with Crippen LogP contribution in [0.2, 0.25) is 0 Å². The Morgan fingerprint density at radius 3 is 2.48 bits per heavy atom. The molecule has 2 fully saturated rings. The molecule has 1 aliphatic carbocycles. The van der Waals surface area contributed by atoms with Crippen LogP contribution < -0.4 is 5.32 Å². The van der Waals surface area contributed by atoms with E-state index >= 15 is 0 Å². The van der Waals surface area contributed by atoms with Gasteiger partial charge in [-0.15, -0.1) is 0 Å². The zero-order chi connectivity index (χ0) is 15.5. The van der Waals surface area contributed by atoms with Crippen LogP contribution in [0.15, 0.2) is 0 Å². The predicted octanol–water partition coefficient (Wildman–Crippen LogP) is 2.63. The van der Waals surface area contributed by atoms with Crippen LogP contribution in [-0.2, 0) is 9.47 Å². The van der Waals surface area contributed by atoms with Gasteiger partial charge in [0.25, 0.3) is 0 Å². The minimum absolute atomic E-state index is 0.304. The molecule has 2 unspecified atom stereocenters. The molecular weight excluding hydrogens is 264 g/mol. The van der Waals surface area contributed by atoms with Gasteiger partial charge in [0.1, 0.15) is 0 Å². The molecule has 4 nitrogen and oxygen atoms in total. The summed E-state index contributed by atoms with van der Waals surface area (Å²) < 4.78 is 11.9. The van der Waals surface area contributed by atoms with Crippen molar-refractivity contribution in [3.63, 3.8) is 0 Å². The number of hydrogen-bond acceptors (Lipinski definition) is 4. The first-order valence-corrected chi connectivity index (χ1v) is 8.57. The van der Waals surface area contributed by atoms with Crippen molar-refractivity contribution in [1.29, 1.82) is 0 Å². The molecule has 0 aromatic heterocycles. The van der Waals surface area contributed by atoms with Gasteiger partial charge in [0.2, 0.25) is 0 Å². The maximum atomic E-state index is 5.97. The summed E-state index contributed by atoms with van der Waals surface area (Å²) in [6, 6.07) is 1.04. The number of nitrogens with one attached hydrogen (secondary N) is 1. The van der Waals surface area contributed by atoms with E-state index in [1.54, 1.807) is 0 Å². The molecule has 1 aliphatic heterocycles. The van der Waals surface area contributed by atoms with Gasteiger partial charge in [-0.25, -0.2) is 0 Å². The zero-order valence-corrected chi connectivity index (χ0v) is 14.6. The quantitative estimate of drug-likeness (QED) is 0.846. The lowest BCUT2D eigenvalue weighted by atomic mass is 9.83. The van der Waals surface area contributed by atoms with E-state index in [2.05, 4.69) is 45.0 Å². The van der Waals surface area contributed by atoms with Gasteiger partial charge in [-0.1, -0.05) is 27.7 Å². The smallest absolute Gasteiger partial charge is 0.170 e. The number of nitrogens with zero attached hydrogens (tertiary/aromatic N) is 1. The normalized spacial score (nSPS) is 29.4. The van der Waals surface area contributed by atoms with Crippen LogP contribution in [-0.4, -0.2) is 56.1 Å². The zero-order valence-electron chi connectivity index (χ0n) is 14.6. The molecule has 4 heteroatoms. The fourth-order valence-electron chi connectivity index (χ4n) is 3.79. The molecule has 2 aliphatic rings. The van der Waals surface area contributed by atoms with Crippen LogP contribution in [0.5, 0.6) is 0 Å². The Balaban J connectivity index is 2.04. The number of likely N-dealkylation sites (N-methyl/N-ethyl adjacent to an activating group) is 1. The van der Waals surface area contributed by atoms with Gasteiger partial charge < -0.3 is 19.7 Å². The standard InChI is InChI=1S/C17H34N2O2/c1-6-9-18-14-7-8-17(20-10-11-21-17)12-15(14)19(5)13-16(2,3)4/h14-15,18H,6-13H2,1-5H3. The van der Waals surface area contributed by atoms with Gasteiger partial charge in [0.05, 0.1) is 13.2 Å². The Bertz CT molecular complexity index is 321. The van der Waals surface area contributed by atoms with Crippen molar-refractivity contribution in [1.82, 2.24) is 10.2 Å². The van der Waals surface area contributed by atoms with Crippen molar-refractivity contribution in [2.24, 2.45) is 5.41 Å². The van der Waals surface area contributed by atoms with Crippen LogP contribution in [0.4, 0.5) is 0 Å². The van der Waals surface area contributed by atoms with Gasteiger partial charge in [-0.3, -0.25) is 0 Å². The molecule has 0 amide bonds. The van der Waals surface area contributed by atoms with Gasteiger partial charge in [-0.05, 0) is 31.8 Å². The van der Waals surface area contributed by atoms with Crippen molar-refractivity contribution in [3.8, 4) is 0 Å². The number of ether oxygens (including phenoxy) is 2. The summed E-state index contributed by atoms with van der Waals surface area (Å²) in [5, 5.41) is 3.74. The van der Waals surface area contributed by atoms with Crippen molar-refractivity contribution in [2.45, 2.75) is 71.2 Å². The Labute approximate surface area is 130 Å². The van der Waals surface area contributed by atoms with Crippen LogP contribution in [0.25, 0.3) is 0 Å². The molecule has 1 heterocycles. The van der Waals surface area contributed by atoms with E-state index in [-0.39, 0.29) is 5.79 Å². The van der Waals surface area contributed by atoms with E-state index in [9.17, 15) is 0 Å². The highest BCUT2D eigenvalue weighted by Crippen LogP contribution is 2.38. The summed E-state index contributed by atoms with van der Waals surface area (Å²) in [6.45, 7) is 12.8. The Morgan fingerprint density at radius 2 is 1.90 bits per heavy atom. The molecular formula is C17H34N2O2. The Morgan fingerprint density at radius 1 is 1.24 bits per heavy atom. The maximum Gasteiger partial charge on any atom is 0.170 e. The lowest BCUT2D eigenvalue weighted by Gasteiger charge is -2.46. The predicted molar refractivity (Wildman–Crippen MR) is 86.4 cm³/mol. The largest absolute Gasteiger partial charge is 0.347 e. The van der Waals surface area contributed by atoms with E-state index in [1.165, 1.54) is 6.42 Å². The summed E-state index contributed by atoms with van der Waals surface area (Å²) >= 11 is 0. The molecule has 2 rings (SSSR count). The molecule has 0 bridgehead atoms. The van der Waals surface area contributed by atoms with Crippen LogP contribution in [0.3, 0.4) is 0 Å². The number of hydrogen-bond donors (Lipinski definition) is 1. The second-order valence-electron chi connectivity index (χ2n) is 7.95. The van der Waals surface area contributed by atoms with Gasteiger partial charge in [0.15, 0.2) is 5.79 Å². The van der Waals surface area contributed by atoms with E-state index in [4.69, 9.17) is 9.47 Å². The highest BCUT2D eigenvalue weighted by molar-refractivity contribution is 4.96. The second kappa shape index (κ2) is 6.95. The van der Waals surface area contributed by atoms with Gasteiger partial charge in [0, 0.05) is 31.5 Å². The van der Waals surface area contributed by atoms with Crippen molar-refractivity contribution < 1.29 is 9.47 Å². The van der Waals surface area contributed by atoms with Crippen LogP contribution >= 0.6 is 0 Å².